The highest BCUT2D eigenvalue weighted by Gasteiger charge is 2.61. The topological polar surface area (TPSA) is 325 Å². The van der Waals surface area contributed by atoms with Crippen molar-refractivity contribution in [2.24, 2.45) is 11.8 Å². The lowest BCUT2D eigenvalue weighted by molar-refractivity contribution is -0.137. The van der Waals surface area contributed by atoms with Crippen molar-refractivity contribution in [3.8, 4) is 12.1 Å². The molecule has 4 aromatic carbocycles. The van der Waals surface area contributed by atoms with Gasteiger partial charge in [-0.1, -0.05) is 47.0 Å². The van der Waals surface area contributed by atoms with Gasteiger partial charge in [0.1, 0.15) is 58.6 Å². The molecule has 119 heavy (non-hydrogen) atoms. The van der Waals surface area contributed by atoms with Crippen LogP contribution in [-0.4, -0.2) is 187 Å². The van der Waals surface area contributed by atoms with Crippen LogP contribution in [0.25, 0.3) is 0 Å². The van der Waals surface area contributed by atoms with Crippen LogP contribution in [0.15, 0.2) is 97.3 Å². The summed E-state index contributed by atoms with van der Waals surface area (Å²) in [5, 5.41) is 39.6. The number of hydrogen-bond acceptors (Lipinski definition) is 20. The fourth-order valence-electron chi connectivity index (χ4n) is 18.4. The number of hydrogen-bond donors (Lipinski definition) is 5. The number of amidine groups is 1. The molecule has 6 aromatic rings. The summed E-state index contributed by atoms with van der Waals surface area (Å²) < 4.78 is 44.5. The molecule has 10 fully saturated rings. The van der Waals surface area contributed by atoms with Gasteiger partial charge in [-0.2, -0.15) is 10.5 Å². The molecule has 26 nitrogen and oxygen atoms in total. The Morgan fingerprint density at radius 3 is 1.34 bits per heavy atom. The monoisotopic (exact) mass is 1720 g/mol. The molecule has 0 radical (unpaired) electrons. The Bertz CT molecular complexity index is 4930. The molecule has 2 unspecified atom stereocenters. The molecule has 2 spiro atoms. The number of likely N-dealkylation sites (tertiary alicyclic amines) is 2. The van der Waals surface area contributed by atoms with E-state index in [0.717, 1.165) is 167 Å². The number of imide groups is 4. The summed E-state index contributed by atoms with van der Waals surface area (Å²) in [4.78, 5) is 130. The van der Waals surface area contributed by atoms with Crippen LogP contribution in [0.1, 0.15) is 197 Å². The number of aromatic nitrogens is 2. The van der Waals surface area contributed by atoms with Gasteiger partial charge < -0.3 is 30.2 Å². The van der Waals surface area contributed by atoms with Gasteiger partial charge in [-0.3, -0.25) is 78.8 Å². The van der Waals surface area contributed by atoms with Crippen molar-refractivity contribution in [1.82, 2.24) is 50.8 Å². The standard InChI is InChI=1S/C29H33ClFN7S.C29H32ClFN6OS.C14H12N2O4.C13H9FN2O4.ClH/c30-24-14-22(17-35-26(24)16-32)37-27(33)29(8-1-9-29)38(28(37)39)21-2-3-23(25(31)15-21)20-6-12-36(13-7-20)18-19-4-10-34-11-5-19;30-24-14-22(17-34-26(24)16-32)36-27(38)29(8-1-9-29)37(28(36)39)21-2-3-23(25(31)15-21)20-6-12-35(13-7-20)18-19-4-10-33-11-5-19;1-7-2-3-8-9(6-7)14(20)16(13(8)19)10-4-5-11(17)15-12(10)18;14-6-1-2-7-8(5-6)13(20)16(12(7)19)9-3-4-10(17)15-11(9)18;/h2-3,14-15,17,19-20,33-34H,1,4-13,18H2;2-3,14-15,17,19-20,33H,1,4-13,18H2;2-3,6,10H,4-5H2,1H3,(H,15,17,18);1-2,5,9H,3-4H2,(H,15,17,18);1H. The zero-order valence-corrected chi connectivity index (χ0v) is 69.1. The van der Waals surface area contributed by atoms with Crippen molar-refractivity contribution in [2.45, 2.75) is 157 Å². The molecule has 2 aromatic heterocycles. The summed E-state index contributed by atoms with van der Waals surface area (Å²) in [7, 11) is 0. The summed E-state index contributed by atoms with van der Waals surface area (Å²) in [6.45, 7) is 12.6. The third kappa shape index (κ3) is 16.6. The number of rotatable bonds is 12. The van der Waals surface area contributed by atoms with E-state index in [4.69, 9.17) is 53.0 Å². The maximum atomic E-state index is 15.7. The number of carbonyl (C=O) groups excluding carboxylic acids is 9. The van der Waals surface area contributed by atoms with Crippen molar-refractivity contribution < 1.29 is 56.3 Å². The molecular weight excluding hydrogens is 1630 g/mol. The number of nitrogens with zero attached hydrogens (tertiary/aromatic N) is 12. The Morgan fingerprint density at radius 2 is 0.924 bits per heavy atom. The van der Waals surface area contributed by atoms with Crippen molar-refractivity contribution >= 4 is 152 Å². The summed E-state index contributed by atoms with van der Waals surface area (Å²) in [5.41, 5.74) is 4.04. The van der Waals surface area contributed by atoms with Crippen LogP contribution in [0.2, 0.25) is 10.0 Å². The number of nitriles is 2. The van der Waals surface area contributed by atoms with Gasteiger partial charge in [-0.15, -0.1) is 12.4 Å². The van der Waals surface area contributed by atoms with Gasteiger partial charge in [0.15, 0.2) is 21.6 Å². The number of thiocarbonyl (C=S) groups is 2. The molecule has 0 bridgehead atoms. The first-order valence-electron chi connectivity index (χ1n) is 40.1. The number of piperidine rings is 6. The van der Waals surface area contributed by atoms with Gasteiger partial charge in [-0.05, 0) is 288 Å². The average molecular weight is 1720 g/mol. The number of fused-ring (bicyclic) bond motifs is 2. The number of nitrogens with one attached hydrogen (secondary N) is 5. The van der Waals surface area contributed by atoms with Crippen LogP contribution in [0.5, 0.6) is 0 Å². The molecular formula is C85H87Cl3F3N17O9S2. The highest BCUT2D eigenvalue weighted by Crippen LogP contribution is 2.51. The number of benzene rings is 4. The number of anilines is 4. The van der Waals surface area contributed by atoms with Crippen molar-refractivity contribution in [3.05, 3.63) is 175 Å². The van der Waals surface area contributed by atoms with Gasteiger partial charge in [-0.25, -0.2) is 23.1 Å². The third-order valence-electron chi connectivity index (χ3n) is 25.1. The number of pyridine rings is 2. The van der Waals surface area contributed by atoms with Crippen molar-refractivity contribution in [1.29, 1.82) is 15.9 Å². The van der Waals surface area contributed by atoms with Crippen LogP contribution < -0.4 is 40.9 Å². The summed E-state index contributed by atoms with van der Waals surface area (Å²) >= 11 is 24.1. The Labute approximate surface area is 712 Å². The minimum Gasteiger partial charge on any atom is -0.317 e. The lowest BCUT2D eigenvalue weighted by atomic mass is 9.75. The van der Waals surface area contributed by atoms with E-state index in [1.165, 1.54) is 55.1 Å². The van der Waals surface area contributed by atoms with Crippen LogP contribution in [0, 0.1) is 64.3 Å². The third-order valence-corrected chi connectivity index (χ3v) is 26.4. The molecule has 2 saturated carbocycles. The van der Waals surface area contributed by atoms with Crippen molar-refractivity contribution in [3.63, 3.8) is 0 Å². The first-order valence-corrected chi connectivity index (χ1v) is 41.7. The molecule has 620 valence electrons. The van der Waals surface area contributed by atoms with E-state index in [0.29, 0.717) is 57.7 Å². The SMILES string of the molecule is Cc1ccc2c(c1)C(=O)N(C1CCC(=O)NC1=O)C2=O.Cl.N#Cc1ncc(N2C(=N)C3(CCC3)N(c3ccc(C4CCN(CC5CCNCC5)CC4)c(F)c3)C2=S)cc1Cl.N#Cc1ncc(N2C(=O)C3(CCC3)N(c3ccc(C4CCN(CC5CCNCC5)CC4)c(F)c3)C2=S)cc1Cl.O=C1CCC(N2C(=O)c3ccc(F)cc3C2=O)C(=O)N1. The summed E-state index contributed by atoms with van der Waals surface area (Å²) in [6.07, 6.45) is 16.9. The fourth-order valence-corrected chi connectivity index (χ4v) is 19.8. The highest BCUT2D eigenvalue weighted by molar-refractivity contribution is 7.81. The molecule has 2 atom stereocenters. The Hall–Kier alpha value is -10.1. The highest BCUT2D eigenvalue weighted by atomic mass is 35.5. The Morgan fingerprint density at radius 1 is 0.513 bits per heavy atom. The number of aryl methyl sites for hydroxylation is 1. The van der Waals surface area contributed by atoms with E-state index in [1.54, 1.807) is 41.3 Å². The van der Waals surface area contributed by atoms with Crippen LogP contribution in [0.3, 0.4) is 0 Å². The van der Waals surface area contributed by atoms with Crippen molar-refractivity contribution in [2.75, 3.05) is 85.0 Å². The smallest absolute Gasteiger partial charge is 0.262 e. The molecule has 18 rings (SSSR count). The quantitative estimate of drug-likeness (QED) is 0.0561. The molecule has 34 heteroatoms. The fraction of sp³-hybridized carbons (Fsp3) is 0.435. The molecule has 8 saturated heterocycles. The lowest BCUT2D eigenvalue weighted by Gasteiger charge is -2.44. The molecule has 12 heterocycles. The number of carbonyl (C=O) groups is 9. The molecule has 12 aliphatic rings. The predicted octanol–water partition coefficient (Wildman–Crippen LogP) is 11.5. The van der Waals surface area contributed by atoms with Gasteiger partial charge in [0.25, 0.3) is 29.5 Å². The zero-order valence-electron chi connectivity index (χ0n) is 65.2. The minimum absolute atomic E-state index is 0. The second-order valence-electron chi connectivity index (χ2n) is 32.2. The first kappa shape index (κ1) is 85.4. The summed E-state index contributed by atoms with van der Waals surface area (Å²) in [5.74, 6) is -3.32. The minimum atomic E-state index is -1.02. The molecule has 2 aliphatic carbocycles. The maximum Gasteiger partial charge on any atom is 0.262 e. The number of amides is 9. The first-order chi connectivity index (χ1) is 56.8. The van der Waals surface area contributed by atoms with Gasteiger partial charge in [0.05, 0.1) is 56.1 Å². The average Bonchev–Trinajstić information content (AvgIpc) is 1.56. The van der Waals surface area contributed by atoms with E-state index in [9.17, 15) is 58.1 Å². The van der Waals surface area contributed by atoms with E-state index >= 15 is 8.78 Å². The second kappa shape index (κ2) is 35.7. The van der Waals surface area contributed by atoms with E-state index in [2.05, 4.69) is 41.0 Å². The zero-order chi connectivity index (χ0) is 83.2. The van der Waals surface area contributed by atoms with Crippen LogP contribution >= 0.6 is 60.0 Å². The predicted molar refractivity (Wildman–Crippen MR) is 448 cm³/mol. The van der Waals surface area contributed by atoms with Crippen LogP contribution in [-0.2, 0) is 24.0 Å². The second-order valence-corrected chi connectivity index (χ2v) is 33.7. The van der Waals surface area contributed by atoms with E-state index in [1.807, 2.05) is 53.1 Å². The lowest BCUT2D eigenvalue weighted by Crippen LogP contribution is -2.55. The molecule has 5 N–H and O–H groups in total. The van der Waals surface area contributed by atoms with Gasteiger partial charge in [0.2, 0.25) is 23.6 Å². The van der Waals surface area contributed by atoms with E-state index in [-0.39, 0.29) is 111 Å². The Kier molecular flexibility index (Phi) is 25.6. The van der Waals surface area contributed by atoms with E-state index < -0.39 is 70.3 Å². The molecule has 10 aliphatic heterocycles. The summed E-state index contributed by atoms with van der Waals surface area (Å²) in [6, 6.07) is 24.2. The van der Waals surface area contributed by atoms with Gasteiger partial charge in [0, 0.05) is 37.3 Å². The van der Waals surface area contributed by atoms with Crippen LogP contribution in [0.4, 0.5) is 35.9 Å². The normalized spacial score (nSPS) is 22.1. The maximum absolute atomic E-state index is 15.7. The number of halogens is 6. The molecule has 9 amide bonds. The van der Waals surface area contributed by atoms with Gasteiger partial charge >= 0.3 is 0 Å². The Balaban J connectivity index is 0.000000136. The largest absolute Gasteiger partial charge is 0.317 e.